The number of nitrogens with zero attached hydrogens (tertiary/aromatic N) is 1. The standard InChI is InChI=1S/C15H14Br2FNO5/c1-7-9(16)4-10(17)13(11(7)18)19-6-24-5-8(14(20)22-2)12(19)15(21)23-3/h4H,5-6H2,1-3H3. The fourth-order valence-electron chi connectivity index (χ4n) is 2.24. The molecule has 0 saturated heterocycles. The van der Waals surface area contributed by atoms with Crippen LogP contribution in [0.5, 0.6) is 0 Å². The first kappa shape index (κ1) is 18.9. The van der Waals surface area contributed by atoms with E-state index in [1.165, 1.54) is 19.1 Å². The van der Waals surface area contributed by atoms with E-state index in [2.05, 4.69) is 36.6 Å². The summed E-state index contributed by atoms with van der Waals surface area (Å²) in [6, 6.07) is 1.65. The molecule has 2 rings (SSSR count). The van der Waals surface area contributed by atoms with Crippen LogP contribution in [0.15, 0.2) is 26.3 Å². The van der Waals surface area contributed by atoms with Crippen LogP contribution in [-0.2, 0) is 23.8 Å². The Kier molecular flexibility index (Phi) is 6.00. The predicted molar refractivity (Wildman–Crippen MR) is 90.9 cm³/mol. The molecule has 6 nitrogen and oxygen atoms in total. The highest BCUT2D eigenvalue weighted by Gasteiger charge is 2.35. The topological polar surface area (TPSA) is 65.1 Å². The lowest BCUT2D eigenvalue weighted by Crippen LogP contribution is -2.39. The molecule has 0 bridgehead atoms. The molecular weight excluding hydrogens is 453 g/mol. The Morgan fingerprint density at radius 3 is 2.42 bits per heavy atom. The van der Waals surface area contributed by atoms with E-state index in [9.17, 15) is 14.0 Å². The fraction of sp³-hybridized carbons (Fsp3) is 0.333. The number of ether oxygens (including phenoxy) is 3. The van der Waals surface area contributed by atoms with E-state index in [1.54, 1.807) is 13.0 Å². The predicted octanol–water partition coefficient (Wildman–Crippen LogP) is 3.05. The van der Waals surface area contributed by atoms with Crippen LogP contribution < -0.4 is 4.90 Å². The Balaban J connectivity index is 2.71. The molecule has 0 N–H and O–H groups in total. The van der Waals surface area contributed by atoms with Gasteiger partial charge in [-0.2, -0.15) is 0 Å². The SMILES string of the molecule is COC(=O)C1=C(C(=O)OC)N(c2c(Br)cc(Br)c(C)c2F)COC1. The molecule has 1 aliphatic rings. The van der Waals surface area contributed by atoms with Crippen LogP contribution in [0, 0.1) is 12.7 Å². The van der Waals surface area contributed by atoms with Gasteiger partial charge in [-0.25, -0.2) is 14.0 Å². The third-order valence-electron chi connectivity index (χ3n) is 3.48. The van der Waals surface area contributed by atoms with Gasteiger partial charge >= 0.3 is 11.9 Å². The largest absolute Gasteiger partial charge is 0.466 e. The molecule has 0 amide bonds. The maximum atomic E-state index is 14.8. The smallest absolute Gasteiger partial charge is 0.355 e. The quantitative estimate of drug-likeness (QED) is 0.638. The minimum atomic E-state index is -0.787. The maximum Gasteiger partial charge on any atom is 0.355 e. The first-order chi connectivity index (χ1) is 11.3. The number of anilines is 1. The van der Waals surface area contributed by atoms with Crippen molar-refractivity contribution in [1.82, 2.24) is 0 Å². The minimum Gasteiger partial charge on any atom is -0.466 e. The van der Waals surface area contributed by atoms with Crippen molar-refractivity contribution < 1.29 is 28.2 Å². The van der Waals surface area contributed by atoms with Gasteiger partial charge in [-0.15, -0.1) is 0 Å². The van der Waals surface area contributed by atoms with Crippen LogP contribution >= 0.6 is 31.9 Å². The van der Waals surface area contributed by atoms with Crippen molar-refractivity contribution >= 4 is 49.5 Å². The van der Waals surface area contributed by atoms with E-state index in [0.29, 0.717) is 14.5 Å². The number of hydrogen-bond acceptors (Lipinski definition) is 6. The Morgan fingerprint density at radius 1 is 1.21 bits per heavy atom. The second kappa shape index (κ2) is 7.62. The molecule has 24 heavy (non-hydrogen) atoms. The number of esters is 2. The Hall–Kier alpha value is -1.45. The molecule has 1 aliphatic heterocycles. The van der Waals surface area contributed by atoms with Crippen LogP contribution in [0.4, 0.5) is 10.1 Å². The fourth-order valence-corrected chi connectivity index (χ4v) is 3.57. The lowest BCUT2D eigenvalue weighted by atomic mass is 10.1. The molecule has 9 heteroatoms. The monoisotopic (exact) mass is 465 g/mol. The zero-order valence-corrected chi connectivity index (χ0v) is 16.3. The van der Waals surface area contributed by atoms with Gasteiger partial charge in [0.1, 0.15) is 12.4 Å². The summed E-state index contributed by atoms with van der Waals surface area (Å²) in [6.45, 7) is 1.33. The van der Waals surface area contributed by atoms with Crippen LogP contribution in [0.2, 0.25) is 0 Å². The Labute approximate surface area is 154 Å². The van der Waals surface area contributed by atoms with Gasteiger partial charge in [0.25, 0.3) is 0 Å². The molecule has 0 atom stereocenters. The Morgan fingerprint density at radius 2 is 1.83 bits per heavy atom. The third kappa shape index (κ3) is 3.33. The van der Waals surface area contributed by atoms with E-state index in [-0.39, 0.29) is 30.3 Å². The zero-order valence-electron chi connectivity index (χ0n) is 13.1. The van der Waals surface area contributed by atoms with Gasteiger partial charge in [-0.3, -0.25) is 0 Å². The molecule has 0 saturated carbocycles. The highest BCUT2D eigenvalue weighted by Crippen LogP contribution is 2.39. The number of benzene rings is 1. The normalized spacial score (nSPS) is 14.7. The summed E-state index contributed by atoms with van der Waals surface area (Å²) in [5.41, 5.74) is 0.263. The molecule has 130 valence electrons. The number of carbonyl (C=O) groups is 2. The van der Waals surface area contributed by atoms with Crippen molar-refractivity contribution in [2.45, 2.75) is 6.92 Å². The van der Waals surface area contributed by atoms with Gasteiger partial charge < -0.3 is 19.1 Å². The van der Waals surface area contributed by atoms with E-state index in [0.717, 1.165) is 0 Å². The van der Waals surface area contributed by atoms with Crippen molar-refractivity contribution in [3.05, 3.63) is 37.7 Å². The molecule has 0 fully saturated rings. The van der Waals surface area contributed by atoms with Gasteiger partial charge in [0.05, 0.1) is 32.1 Å². The summed E-state index contributed by atoms with van der Waals surface area (Å²) in [7, 11) is 2.36. The number of hydrogen-bond donors (Lipinski definition) is 0. The summed E-state index contributed by atoms with van der Waals surface area (Å²) in [5.74, 6) is -2.09. The molecule has 0 radical (unpaired) electrons. The molecule has 1 aromatic carbocycles. The van der Waals surface area contributed by atoms with Gasteiger partial charge in [-0.05, 0) is 28.9 Å². The summed E-state index contributed by atoms with van der Waals surface area (Å²) in [5, 5.41) is 0. The Bertz CT molecular complexity index is 735. The molecule has 0 aliphatic carbocycles. The second-order valence-corrected chi connectivity index (χ2v) is 6.55. The summed E-state index contributed by atoms with van der Waals surface area (Å²) in [4.78, 5) is 25.4. The van der Waals surface area contributed by atoms with E-state index >= 15 is 0 Å². The van der Waals surface area contributed by atoms with E-state index < -0.39 is 17.8 Å². The molecule has 0 aromatic heterocycles. The van der Waals surface area contributed by atoms with Crippen molar-refractivity contribution in [1.29, 1.82) is 0 Å². The highest BCUT2D eigenvalue weighted by molar-refractivity contribution is 9.11. The average Bonchev–Trinajstić information content (AvgIpc) is 2.58. The first-order valence-electron chi connectivity index (χ1n) is 6.72. The summed E-state index contributed by atoms with van der Waals surface area (Å²) >= 11 is 6.54. The minimum absolute atomic E-state index is 0.0394. The maximum absolute atomic E-state index is 14.8. The van der Waals surface area contributed by atoms with Crippen LogP contribution in [0.3, 0.4) is 0 Å². The molecule has 1 aromatic rings. The van der Waals surface area contributed by atoms with Crippen LogP contribution in [0.1, 0.15) is 5.56 Å². The zero-order chi connectivity index (χ0) is 18.0. The van der Waals surface area contributed by atoms with E-state index in [4.69, 9.17) is 9.47 Å². The molecule has 1 heterocycles. The van der Waals surface area contributed by atoms with Crippen molar-refractivity contribution in [2.75, 3.05) is 32.5 Å². The lowest BCUT2D eigenvalue weighted by molar-refractivity contribution is -0.140. The van der Waals surface area contributed by atoms with Gasteiger partial charge in [-0.1, -0.05) is 15.9 Å². The summed E-state index contributed by atoms with van der Waals surface area (Å²) < 4.78 is 30.5. The van der Waals surface area contributed by atoms with Crippen LogP contribution in [-0.4, -0.2) is 39.5 Å². The van der Waals surface area contributed by atoms with Crippen molar-refractivity contribution in [3.8, 4) is 0 Å². The second-order valence-electron chi connectivity index (χ2n) is 4.84. The summed E-state index contributed by atoms with van der Waals surface area (Å²) in [6.07, 6.45) is 0. The van der Waals surface area contributed by atoms with Gasteiger partial charge in [0.15, 0.2) is 5.82 Å². The number of halogens is 3. The van der Waals surface area contributed by atoms with Gasteiger partial charge in [0.2, 0.25) is 0 Å². The van der Waals surface area contributed by atoms with Crippen molar-refractivity contribution in [3.63, 3.8) is 0 Å². The molecule has 0 spiro atoms. The van der Waals surface area contributed by atoms with Crippen LogP contribution in [0.25, 0.3) is 0 Å². The number of rotatable bonds is 3. The number of carbonyl (C=O) groups excluding carboxylic acids is 2. The first-order valence-corrected chi connectivity index (χ1v) is 8.31. The average molecular weight is 467 g/mol. The lowest BCUT2D eigenvalue weighted by Gasteiger charge is -2.32. The number of methoxy groups -OCH3 is 2. The van der Waals surface area contributed by atoms with E-state index in [1.807, 2.05) is 0 Å². The molecule has 0 unspecified atom stereocenters. The highest BCUT2D eigenvalue weighted by atomic mass is 79.9. The third-order valence-corrected chi connectivity index (χ3v) is 4.91. The van der Waals surface area contributed by atoms with Gasteiger partial charge in [0, 0.05) is 14.5 Å². The molecular formula is C15H14Br2FNO5. The van der Waals surface area contributed by atoms with Crippen molar-refractivity contribution in [2.24, 2.45) is 0 Å².